The van der Waals surface area contributed by atoms with E-state index in [1.54, 1.807) is 0 Å². The van der Waals surface area contributed by atoms with Crippen molar-refractivity contribution in [2.75, 3.05) is 28.2 Å². The van der Waals surface area contributed by atoms with Gasteiger partial charge >= 0.3 is 63.2 Å². The van der Waals surface area contributed by atoms with Crippen molar-refractivity contribution in [2.24, 2.45) is 0 Å². The maximum Gasteiger partial charge on any atom is 4.00 e. The maximum atomic E-state index is 9.75. The fraction of sp³-hybridized carbons (Fsp3) is 0.333. The van der Waals surface area contributed by atoms with Gasteiger partial charge in [0.15, 0.2) is 0 Å². The van der Waals surface area contributed by atoms with E-state index in [0.717, 1.165) is 94.5 Å². The van der Waals surface area contributed by atoms with Crippen LogP contribution in [-0.2, 0) is 60.3 Å². The Balaban J connectivity index is 0.000000374. The number of nitrogens with zero attached hydrogens (tertiary/aromatic N) is 12. The van der Waals surface area contributed by atoms with Gasteiger partial charge in [-0.05, 0) is 151 Å². The van der Waals surface area contributed by atoms with E-state index in [4.69, 9.17) is 19.9 Å². The Kier molecular flexibility index (Phi) is 34.6. The van der Waals surface area contributed by atoms with Crippen LogP contribution in [0.15, 0.2) is 170 Å². The zero-order valence-electron chi connectivity index (χ0n) is 51.4. The number of halogens is 16. The predicted molar refractivity (Wildman–Crippen MR) is 329 cm³/mol. The fourth-order valence-electron chi connectivity index (χ4n) is 10.6. The van der Waals surface area contributed by atoms with E-state index in [-0.39, 0.29) is 34.1 Å². The van der Waals surface area contributed by atoms with Crippen LogP contribution in [0.2, 0.25) is 0 Å². The van der Waals surface area contributed by atoms with Gasteiger partial charge in [-0.1, -0.05) is 74.2 Å². The van der Waals surface area contributed by atoms with E-state index in [9.17, 15) is 69.1 Å². The van der Waals surface area contributed by atoms with Crippen LogP contribution in [0.3, 0.4) is 0 Å². The molecule has 2 aliphatic carbocycles. The molecule has 8 aromatic heterocycles. The summed E-state index contributed by atoms with van der Waals surface area (Å²) in [6, 6.07) is 50.7. The van der Waals surface area contributed by atoms with E-state index < -0.39 is 29.0 Å². The molecule has 0 bridgehead atoms. The Labute approximate surface area is 557 Å². The molecule has 504 valence electrons. The minimum atomic E-state index is -6.00. The van der Waals surface area contributed by atoms with Gasteiger partial charge in [-0.25, -0.2) is 19.9 Å². The number of hydrogen-bond donors (Lipinski definition) is 0. The Hall–Kier alpha value is -6.78. The molecule has 2 saturated carbocycles. The molecule has 4 atom stereocenters. The van der Waals surface area contributed by atoms with Crippen molar-refractivity contribution in [3.05, 3.63) is 193 Å². The predicted octanol–water partition coefficient (Wildman–Crippen LogP) is 16.1. The zero-order valence-corrected chi connectivity index (χ0v) is 53.6. The van der Waals surface area contributed by atoms with Crippen LogP contribution < -0.4 is 0 Å². The fourth-order valence-corrected chi connectivity index (χ4v) is 10.6. The number of hydrogen-bond acceptors (Lipinski definition) is 12. The monoisotopic (exact) mass is 1420 g/mol. The van der Waals surface area contributed by atoms with Crippen LogP contribution >= 0.6 is 0 Å². The summed E-state index contributed by atoms with van der Waals surface area (Å²) in [6.45, 7) is 3.29. The van der Waals surface area contributed by atoms with Crippen LogP contribution in [-0.4, -0.2) is 141 Å². The molecular formula is C60H68B4F16Fe2N12+4. The van der Waals surface area contributed by atoms with Gasteiger partial charge in [0.1, 0.15) is 0 Å². The molecule has 8 heterocycles. The second kappa shape index (κ2) is 39.9. The molecule has 0 aliphatic heterocycles. The third-order valence-electron chi connectivity index (χ3n) is 14.2. The molecule has 12 nitrogen and oxygen atoms in total. The van der Waals surface area contributed by atoms with Crippen LogP contribution in [0.25, 0.3) is 45.6 Å². The maximum absolute atomic E-state index is 9.75. The smallest absolute Gasteiger partial charge is 0.418 e. The summed E-state index contributed by atoms with van der Waals surface area (Å²) in [7, 11) is -15.0. The molecule has 0 radical (unpaired) electrons. The normalized spacial score (nSPS) is 16.3. The molecule has 0 spiro atoms. The quantitative estimate of drug-likeness (QED) is 0.0677. The topological polar surface area (TPSA) is 116 Å². The number of aromatic nitrogens is 8. The first kappa shape index (κ1) is 81.5. The first-order valence-corrected chi connectivity index (χ1v) is 29.1. The summed E-state index contributed by atoms with van der Waals surface area (Å²) in [5.41, 5.74) is 11.7. The minimum absolute atomic E-state index is 0. The van der Waals surface area contributed by atoms with Gasteiger partial charge in [-0.15, -0.1) is 0 Å². The van der Waals surface area contributed by atoms with Crippen molar-refractivity contribution in [1.82, 2.24) is 59.5 Å². The van der Waals surface area contributed by atoms with E-state index in [0.29, 0.717) is 24.2 Å². The van der Waals surface area contributed by atoms with Crippen molar-refractivity contribution in [2.45, 2.75) is 102 Å². The number of likely N-dealkylation sites (N-methyl/N-ethyl adjacent to an activating group) is 4. The van der Waals surface area contributed by atoms with Gasteiger partial charge in [0.2, 0.25) is 0 Å². The summed E-state index contributed by atoms with van der Waals surface area (Å²) >= 11 is 0. The van der Waals surface area contributed by atoms with Gasteiger partial charge in [-0.2, -0.15) is 0 Å². The van der Waals surface area contributed by atoms with Gasteiger partial charge in [0.05, 0.1) is 68.3 Å². The van der Waals surface area contributed by atoms with Crippen molar-refractivity contribution in [3.63, 3.8) is 0 Å². The van der Waals surface area contributed by atoms with Crippen LogP contribution in [0.4, 0.5) is 69.1 Å². The molecule has 0 unspecified atom stereocenters. The minimum Gasteiger partial charge on any atom is -0.418 e. The summed E-state index contributed by atoms with van der Waals surface area (Å²) < 4.78 is 156. The Morgan fingerprint density at radius 3 is 0.606 bits per heavy atom. The average molecular weight is 1420 g/mol. The second-order valence-electron chi connectivity index (χ2n) is 21.4. The van der Waals surface area contributed by atoms with Crippen LogP contribution in [0, 0.1) is 0 Å². The SMILES string of the molecule is CN(Cc1cccc(-c2ccccn2)n1)[C@@H]1CCCC[C@H]1N(C)Cc1cccc(-c2ccccn2)n1.CN(Cc1cccc(-c2ccccn2)n1)[C@H]1CCCC[C@@H]1N(C)Cc1cccc(-c2ccccn2)n1.F[B-](F)(F)F.F[B-](F)(F)F.F[B-](F)(F)F.F[B-](F)(F)F.[Fe+4].[Fe+4]. The van der Waals surface area contributed by atoms with Gasteiger partial charge in [0.25, 0.3) is 0 Å². The van der Waals surface area contributed by atoms with E-state index in [1.807, 2.05) is 122 Å². The molecule has 8 aromatic rings. The van der Waals surface area contributed by atoms with Crippen molar-refractivity contribution in [1.29, 1.82) is 0 Å². The summed E-state index contributed by atoms with van der Waals surface area (Å²) in [4.78, 5) is 47.5. The van der Waals surface area contributed by atoms with Crippen molar-refractivity contribution >= 4 is 29.0 Å². The zero-order chi connectivity index (χ0) is 67.5. The second-order valence-corrected chi connectivity index (χ2v) is 21.4. The first-order chi connectivity index (χ1) is 43.3. The van der Waals surface area contributed by atoms with E-state index in [1.165, 1.54) is 51.4 Å². The molecule has 2 aliphatic rings. The molecule has 10 rings (SSSR count). The van der Waals surface area contributed by atoms with E-state index in [2.05, 4.69) is 116 Å². The number of pyridine rings is 8. The standard InChI is InChI=1S/2C30H34N6.4BF4.2Fe/c2*1-35(21-23-11-9-15-27(33-23)25-13-5-7-19-31-25)29-17-3-4-18-30(29)36(2)22-24-12-10-16-28(34-24)26-14-6-8-20-32-26;4*2-1(3,4)5;;/h2*5-16,19-20,29-30H,3-4,17-18,21-22H2,1-2H3;;;;;;/q;;4*-1;2*+4/t2*29-,30-;;;;;;/m10....../s1. The van der Waals surface area contributed by atoms with Gasteiger partial charge in [-0.3, -0.25) is 39.5 Å². The molecular weight excluding hydrogens is 1350 g/mol. The molecule has 0 saturated heterocycles. The largest absolute Gasteiger partial charge is 4.00 e. The van der Waals surface area contributed by atoms with Gasteiger partial charge < -0.3 is 69.1 Å². The summed E-state index contributed by atoms with van der Waals surface area (Å²) in [5.74, 6) is 0. The molecule has 0 aromatic carbocycles. The summed E-state index contributed by atoms with van der Waals surface area (Å²) in [5, 5.41) is 0. The molecule has 34 heteroatoms. The van der Waals surface area contributed by atoms with Crippen molar-refractivity contribution in [3.8, 4) is 45.6 Å². The van der Waals surface area contributed by atoms with E-state index >= 15 is 0 Å². The Bertz CT molecular complexity index is 2920. The molecule has 0 amide bonds. The third-order valence-corrected chi connectivity index (χ3v) is 14.2. The van der Waals surface area contributed by atoms with Crippen molar-refractivity contribution < 1.29 is 103 Å². The molecule has 94 heavy (non-hydrogen) atoms. The van der Waals surface area contributed by atoms with Crippen LogP contribution in [0.1, 0.15) is 74.1 Å². The Morgan fingerprint density at radius 1 is 0.277 bits per heavy atom. The molecule has 0 N–H and O–H groups in total. The first-order valence-electron chi connectivity index (χ1n) is 29.1. The summed E-state index contributed by atoms with van der Waals surface area (Å²) in [6.07, 6.45) is 17.2. The molecule has 2 fully saturated rings. The Morgan fingerprint density at radius 2 is 0.447 bits per heavy atom. The average Bonchev–Trinajstić information content (AvgIpc) is 0.874. The third kappa shape index (κ3) is 33.1. The van der Waals surface area contributed by atoms with Gasteiger partial charge in [0, 0.05) is 75.1 Å². The number of rotatable bonds is 16. The van der Waals surface area contributed by atoms with Crippen LogP contribution in [0.5, 0.6) is 0 Å².